The molecule has 0 bridgehead atoms. The molecular formula is C14H27NO3S2. The van der Waals surface area contributed by atoms with Gasteiger partial charge in [-0.2, -0.15) is 0 Å². The van der Waals surface area contributed by atoms with E-state index in [1.807, 2.05) is 20.8 Å². The summed E-state index contributed by atoms with van der Waals surface area (Å²) < 4.78 is 40.1. The number of sulfone groups is 1. The molecule has 1 aliphatic heterocycles. The molecule has 118 valence electrons. The third-order valence-electron chi connectivity index (χ3n) is 4.54. The molecule has 2 atom stereocenters. The summed E-state index contributed by atoms with van der Waals surface area (Å²) in [6, 6.07) is 0. The van der Waals surface area contributed by atoms with Gasteiger partial charge in [-0.05, 0) is 46.5 Å². The van der Waals surface area contributed by atoms with Crippen LogP contribution in [0.5, 0.6) is 0 Å². The van der Waals surface area contributed by atoms with Crippen molar-refractivity contribution in [1.82, 2.24) is 4.72 Å². The molecule has 1 saturated heterocycles. The van der Waals surface area contributed by atoms with E-state index in [1.54, 1.807) is 0 Å². The highest BCUT2D eigenvalue weighted by molar-refractivity contribution is 7.92. The van der Waals surface area contributed by atoms with E-state index in [0.29, 0.717) is 5.75 Å². The van der Waals surface area contributed by atoms with Crippen molar-refractivity contribution >= 4 is 20.8 Å². The molecule has 2 rings (SSSR count). The largest absolute Gasteiger partial charge is 0.242 e. The molecule has 20 heavy (non-hydrogen) atoms. The van der Waals surface area contributed by atoms with Crippen molar-refractivity contribution in [3.63, 3.8) is 0 Å². The van der Waals surface area contributed by atoms with Crippen molar-refractivity contribution in [2.24, 2.45) is 0 Å². The predicted octanol–water partition coefficient (Wildman–Crippen LogP) is 2.32. The van der Waals surface area contributed by atoms with E-state index >= 15 is 0 Å². The molecule has 0 aromatic carbocycles. The van der Waals surface area contributed by atoms with Gasteiger partial charge >= 0.3 is 0 Å². The van der Waals surface area contributed by atoms with Gasteiger partial charge in [0, 0.05) is 5.54 Å². The summed E-state index contributed by atoms with van der Waals surface area (Å²) in [6.07, 6.45) is 6.34. The average molecular weight is 322 g/mol. The van der Waals surface area contributed by atoms with Crippen LogP contribution < -0.4 is 4.72 Å². The summed E-state index contributed by atoms with van der Waals surface area (Å²) >= 11 is 0. The topological polar surface area (TPSA) is 63.2 Å². The van der Waals surface area contributed by atoms with E-state index in [9.17, 15) is 12.6 Å². The van der Waals surface area contributed by atoms with Gasteiger partial charge in [-0.3, -0.25) is 0 Å². The fourth-order valence-electron chi connectivity index (χ4n) is 3.42. The number of rotatable bonds is 3. The number of hydrogen-bond donors (Lipinski definition) is 1. The van der Waals surface area contributed by atoms with E-state index in [0.717, 1.165) is 44.9 Å². The van der Waals surface area contributed by atoms with Gasteiger partial charge in [-0.25, -0.2) is 17.3 Å². The minimum atomic E-state index is -3.03. The Kier molecular flexibility index (Phi) is 4.67. The molecule has 1 N–H and O–H groups in total. The standard InChI is InChI=1S/C14H27NO3S2/c1-13(2,3)19(16)15-14(9-5-4-6-10-14)12-8-7-11-20(12,17)18/h12,15H,4-11H2,1-3H3/t12-,19+/m1/s1. The SMILES string of the molecule is CC(C)(C)[S@](=O)NC1([C@H]2CCCS2(=O)=O)CCCCC1. The first-order valence-corrected chi connectivity index (χ1v) is 10.5. The molecular weight excluding hydrogens is 294 g/mol. The third-order valence-corrected chi connectivity index (χ3v) is 8.66. The van der Waals surface area contributed by atoms with Gasteiger partial charge in [0.25, 0.3) is 0 Å². The molecule has 1 saturated carbocycles. The molecule has 0 amide bonds. The lowest BCUT2D eigenvalue weighted by atomic mass is 9.79. The van der Waals surface area contributed by atoms with Crippen LogP contribution in [0.4, 0.5) is 0 Å². The van der Waals surface area contributed by atoms with Crippen LogP contribution in [0.15, 0.2) is 0 Å². The van der Waals surface area contributed by atoms with Gasteiger partial charge in [0.2, 0.25) is 0 Å². The van der Waals surface area contributed by atoms with E-state index in [4.69, 9.17) is 0 Å². The van der Waals surface area contributed by atoms with Crippen molar-refractivity contribution in [1.29, 1.82) is 0 Å². The summed E-state index contributed by atoms with van der Waals surface area (Å²) in [7, 11) is -4.25. The molecule has 0 aromatic heterocycles. The summed E-state index contributed by atoms with van der Waals surface area (Å²) in [5.41, 5.74) is -0.467. The quantitative estimate of drug-likeness (QED) is 0.867. The first kappa shape index (κ1) is 16.4. The third kappa shape index (κ3) is 3.28. The van der Waals surface area contributed by atoms with Crippen LogP contribution in [0.1, 0.15) is 65.7 Å². The lowest BCUT2D eigenvalue weighted by Gasteiger charge is -2.43. The Morgan fingerprint density at radius 2 is 1.70 bits per heavy atom. The summed E-state index contributed by atoms with van der Waals surface area (Å²) in [5.74, 6) is 0.295. The minimum Gasteiger partial charge on any atom is -0.242 e. The Morgan fingerprint density at radius 3 is 2.15 bits per heavy atom. The normalized spacial score (nSPS) is 31.1. The predicted molar refractivity (Wildman–Crippen MR) is 83.7 cm³/mol. The fourth-order valence-corrected chi connectivity index (χ4v) is 6.88. The Labute approximate surface area is 125 Å². The van der Waals surface area contributed by atoms with Crippen LogP contribution >= 0.6 is 0 Å². The highest BCUT2D eigenvalue weighted by atomic mass is 32.2. The molecule has 0 unspecified atom stereocenters. The van der Waals surface area contributed by atoms with Gasteiger partial charge in [-0.15, -0.1) is 0 Å². The summed E-state index contributed by atoms with van der Waals surface area (Å²) in [4.78, 5) is 0. The van der Waals surface area contributed by atoms with Gasteiger partial charge < -0.3 is 0 Å². The van der Waals surface area contributed by atoms with E-state index in [-0.39, 0.29) is 10.00 Å². The average Bonchev–Trinajstić information content (AvgIpc) is 2.69. The van der Waals surface area contributed by atoms with Crippen molar-refractivity contribution in [2.45, 2.75) is 81.3 Å². The lowest BCUT2D eigenvalue weighted by molar-refractivity contribution is 0.255. The Morgan fingerprint density at radius 1 is 1.10 bits per heavy atom. The smallest absolute Gasteiger partial charge is 0.155 e. The molecule has 2 fully saturated rings. The van der Waals surface area contributed by atoms with E-state index in [1.165, 1.54) is 0 Å². The highest BCUT2D eigenvalue weighted by Gasteiger charge is 2.50. The van der Waals surface area contributed by atoms with Crippen LogP contribution in [0.25, 0.3) is 0 Å². The molecule has 0 aromatic rings. The highest BCUT2D eigenvalue weighted by Crippen LogP contribution is 2.40. The maximum atomic E-state index is 12.5. The van der Waals surface area contributed by atoms with Crippen molar-refractivity contribution < 1.29 is 12.6 Å². The molecule has 1 heterocycles. The van der Waals surface area contributed by atoms with Gasteiger partial charge in [-0.1, -0.05) is 19.3 Å². The maximum absolute atomic E-state index is 12.5. The van der Waals surface area contributed by atoms with Crippen LogP contribution in [0, 0.1) is 0 Å². The molecule has 4 nitrogen and oxygen atoms in total. The van der Waals surface area contributed by atoms with Gasteiger partial charge in [0.15, 0.2) is 9.84 Å². The van der Waals surface area contributed by atoms with Crippen LogP contribution in [0.3, 0.4) is 0 Å². The monoisotopic (exact) mass is 321 g/mol. The Bertz CT molecular complexity index is 473. The minimum absolute atomic E-state index is 0.295. The Balaban J connectivity index is 2.29. The molecule has 0 spiro atoms. The maximum Gasteiger partial charge on any atom is 0.155 e. The zero-order chi connectivity index (χ0) is 15.0. The number of nitrogens with one attached hydrogen (secondary N) is 1. The second-order valence-electron chi connectivity index (χ2n) is 7.20. The molecule has 6 heteroatoms. The van der Waals surface area contributed by atoms with Gasteiger partial charge in [0.05, 0.1) is 26.7 Å². The Hall–Kier alpha value is 0.0600. The van der Waals surface area contributed by atoms with Crippen molar-refractivity contribution in [2.75, 3.05) is 5.75 Å². The summed E-state index contributed by atoms with van der Waals surface area (Å²) in [5, 5.41) is -0.346. The zero-order valence-corrected chi connectivity index (χ0v) is 14.4. The van der Waals surface area contributed by atoms with Crippen LogP contribution in [-0.4, -0.2) is 33.9 Å². The van der Waals surface area contributed by atoms with Gasteiger partial charge in [0.1, 0.15) is 0 Å². The van der Waals surface area contributed by atoms with Crippen LogP contribution in [-0.2, 0) is 20.8 Å². The molecule has 1 aliphatic carbocycles. The molecule has 2 aliphatic rings. The van der Waals surface area contributed by atoms with Crippen molar-refractivity contribution in [3.05, 3.63) is 0 Å². The van der Waals surface area contributed by atoms with Crippen LogP contribution in [0.2, 0.25) is 0 Å². The second-order valence-corrected chi connectivity index (χ2v) is 11.5. The fraction of sp³-hybridized carbons (Fsp3) is 1.00. The lowest BCUT2D eigenvalue weighted by Crippen LogP contribution is -2.59. The van der Waals surface area contributed by atoms with E-state index < -0.39 is 26.4 Å². The van der Waals surface area contributed by atoms with Crippen molar-refractivity contribution in [3.8, 4) is 0 Å². The second kappa shape index (κ2) is 5.69. The first-order chi connectivity index (χ1) is 9.17. The molecule has 0 radical (unpaired) electrons. The summed E-state index contributed by atoms with van der Waals surface area (Å²) in [6.45, 7) is 5.78. The zero-order valence-electron chi connectivity index (χ0n) is 12.8. The first-order valence-electron chi connectivity index (χ1n) is 7.59. The van der Waals surface area contributed by atoms with E-state index in [2.05, 4.69) is 4.72 Å². The number of hydrogen-bond acceptors (Lipinski definition) is 3.